The molecule has 0 radical (unpaired) electrons. The summed E-state index contributed by atoms with van der Waals surface area (Å²) in [4.78, 5) is 0. The molecule has 0 bridgehead atoms. The average Bonchev–Trinajstić information content (AvgIpc) is 3.15. The Balaban J connectivity index is 1.81. The first-order chi connectivity index (χ1) is 9.78. The summed E-state index contributed by atoms with van der Waals surface area (Å²) in [5.74, 6) is 0.839. The molecule has 1 aliphatic carbocycles. The summed E-state index contributed by atoms with van der Waals surface area (Å²) in [6.45, 7) is 2.92. The van der Waals surface area contributed by atoms with Crippen molar-refractivity contribution in [3.63, 3.8) is 0 Å². The molecule has 0 aliphatic heterocycles. The molecule has 0 spiro atoms. The summed E-state index contributed by atoms with van der Waals surface area (Å²) in [7, 11) is 0. The Labute approximate surface area is 119 Å². The summed E-state index contributed by atoms with van der Waals surface area (Å²) < 4.78 is 7.64. The van der Waals surface area contributed by atoms with Gasteiger partial charge in [-0.05, 0) is 43.0 Å². The Bertz CT molecular complexity index is 575. The monoisotopic (exact) mass is 272 g/mol. The first kappa shape index (κ1) is 13.2. The molecule has 1 fully saturated rings. The summed E-state index contributed by atoms with van der Waals surface area (Å²) in [5, 5.41) is 14.8. The SMILES string of the molecule is CCCn1nccc1C(O)c1cccc(OC2CC2)c1. The Kier molecular flexibility index (Phi) is 3.74. The van der Waals surface area contributed by atoms with Crippen molar-refractivity contribution < 1.29 is 9.84 Å². The fraction of sp³-hybridized carbons (Fsp3) is 0.438. The molecule has 4 heteroatoms. The van der Waals surface area contributed by atoms with Gasteiger partial charge in [0.15, 0.2) is 0 Å². The molecule has 1 aromatic carbocycles. The highest BCUT2D eigenvalue weighted by Gasteiger charge is 2.24. The molecular formula is C16H20N2O2. The van der Waals surface area contributed by atoms with E-state index in [-0.39, 0.29) is 0 Å². The Morgan fingerprint density at radius 1 is 1.40 bits per heavy atom. The van der Waals surface area contributed by atoms with Gasteiger partial charge in [-0.3, -0.25) is 4.68 Å². The summed E-state index contributed by atoms with van der Waals surface area (Å²) in [6.07, 6.45) is 4.71. The first-order valence-corrected chi connectivity index (χ1v) is 7.24. The zero-order chi connectivity index (χ0) is 13.9. The molecule has 1 aromatic heterocycles. The van der Waals surface area contributed by atoms with Crippen LogP contribution in [0.5, 0.6) is 5.75 Å². The number of aryl methyl sites for hydroxylation is 1. The van der Waals surface area contributed by atoms with E-state index in [9.17, 15) is 5.11 Å². The van der Waals surface area contributed by atoms with Crippen molar-refractivity contribution in [3.05, 3.63) is 47.8 Å². The molecule has 1 saturated carbocycles. The minimum Gasteiger partial charge on any atom is -0.490 e. The highest BCUT2D eigenvalue weighted by molar-refractivity contribution is 5.33. The second-order valence-electron chi connectivity index (χ2n) is 5.27. The average molecular weight is 272 g/mol. The molecule has 106 valence electrons. The lowest BCUT2D eigenvalue weighted by molar-refractivity contribution is 0.206. The van der Waals surface area contributed by atoms with Crippen LogP contribution >= 0.6 is 0 Å². The first-order valence-electron chi connectivity index (χ1n) is 7.24. The van der Waals surface area contributed by atoms with E-state index in [1.807, 2.05) is 35.0 Å². The van der Waals surface area contributed by atoms with Crippen LogP contribution in [0.2, 0.25) is 0 Å². The van der Waals surface area contributed by atoms with E-state index >= 15 is 0 Å². The van der Waals surface area contributed by atoms with Crippen LogP contribution in [0.3, 0.4) is 0 Å². The smallest absolute Gasteiger partial charge is 0.121 e. The van der Waals surface area contributed by atoms with Gasteiger partial charge in [0.05, 0.1) is 11.8 Å². The number of aromatic nitrogens is 2. The van der Waals surface area contributed by atoms with E-state index in [1.165, 1.54) is 0 Å². The van der Waals surface area contributed by atoms with Gasteiger partial charge in [0, 0.05) is 12.7 Å². The van der Waals surface area contributed by atoms with Gasteiger partial charge < -0.3 is 9.84 Å². The third-order valence-electron chi connectivity index (χ3n) is 3.47. The molecule has 1 heterocycles. The third-order valence-corrected chi connectivity index (χ3v) is 3.47. The normalized spacial score (nSPS) is 16.1. The van der Waals surface area contributed by atoms with Crippen LogP contribution in [-0.4, -0.2) is 21.0 Å². The van der Waals surface area contributed by atoms with Gasteiger partial charge in [-0.2, -0.15) is 5.10 Å². The van der Waals surface area contributed by atoms with Gasteiger partial charge in [0.1, 0.15) is 11.9 Å². The number of aliphatic hydroxyl groups excluding tert-OH is 1. The van der Waals surface area contributed by atoms with Crippen molar-refractivity contribution in [1.82, 2.24) is 9.78 Å². The predicted molar refractivity (Wildman–Crippen MR) is 76.7 cm³/mol. The second kappa shape index (κ2) is 5.67. The molecule has 1 N–H and O–H groups in total. The number of ether oxygens (including phenoxy) is 1. The number of hydrogen-bond donors (Lipinski definition) is 1. The molecule has 1 unspecified atom stereocenters. The summed E-state index contributed by atoms with van der Waals surface area (Å²) in [5.41, 5.74) is 1.68. The van der Waals surface area contributed by atoms with Crippen LogP contribution in [0.1, 0.15) is 43.5 Å². The van der Waals surface area contributed by atoms with Gasteiger partial charge in [-0.15, -0.1) is 0 Å². The maximum absolute atomic E-state index is 10.5. The number of benzene rings is 1. The van der Waals surface area contributed by atoms with E-state index in [1.54, 1.807) is 6.20 Å². The van der Waals surface area contributed by atoms with Crippen LogP contribution in [0.4, 0.5) is 0 Å². The minimum absolute atomic E-state index is 0.369. The van der Waals surface area contributed by atoms with Gasteiger partial charge in [-0.1, -0.05) is 19.1 Å². The van der Waals surface area contributed by atoms with E-state index in [4.69, 9.17) is 4.74 Å². The molecule has 1 aliphatic rings. The van der Waals surface area contributed by atoms with Crippen molar-refractivity contribution in [1.29, 1.82) is 0 Å². The number of rotatable bonds is 6. The summed E-state index contributed by atoms with van der Waals surface area (Å²) in [6, 6.07) is 9.59. The zero-order valence-electron chi connectivity index (χ0n) is 11.7. The van der Waals surface area contributed by atoms with Gasteiger partial charge in [0.2, 0.25) is 0 Å². The molecule has 3 rings (SSSR count). The number of hydrogen-bond acceptors (Lipinski definition) is 3. The molecule has 4 nitrogen and oxygen atoms in total. The van der Waals surface area contributed by atoms with Gasteiger partial charge in [0.25, 0.3) is 0 Å². The predicted octanol–water partition coefficient (Wildman–Crippen LogP) is 2.92. The van der Waals surface area contributed by atoms with Crippen molar-refractivity contribution in [2.75, 3.05) is 0 Å². The largest absolute Gasteiger partial charge is 0.490 e. The third kappa shape index (κ3) is 2.85. The highest BCUT2D eigenvalue weighted by atomic mass is 16.5. The topological polar surface area (TPSA) is 47.3 Å². The van der Waals surface area contributed by atoms with Crippen molar-refractivity contribution in [3.8, 4) is 5.75 Å². The summed E-state index contributed by atoms with van der Waals surface area (Å²) >= 11 is 0. The van der Waals surface area contributed by atoms with Crippen molar-refractivity contribution in [2.45, 2.75) is 44.9 Å². The van der Waals surface area contributed by atoms with Crippen LogP contribution in [0.25, 0.3) is 0 Å². The van der Waals surface area contributed by atoms with Crippen molar-refractivity contribution >= 4 is 0 Å². The van der Waals surface area contributed by atoms with Crippen LogP contribution in [0, 0.1) is 0 Å². The Morgan fingerprint density at radius 2 is 2.25 bits per heavy atom. The lowest BCUT2D eigenvalue weighted by atomic mass is 10.1. The lowest BCUT2D eigenvalue weighted by Crippen LogP contribution is -2.10. The zero-order valence-corrected chi connectivity index (χ0v) is 11.7. The fourth-order valence-corrected chi connectivity index (χ4v) is 2.28. The van der Waals surface area contributed by atoms with Crippen LogP contribution in [-0.2, 0) is 6.54 Å². The lowest BCUT2D eigenvalue weighted by Gasteiger charge is -2.14. The second-order valence-corrected chi connectivity index (χ2v) is 5.27. The molecule has 0 amide bonds. The van der Waals surface area contributed by atoms with E-state index in [2.05, 4.69) is 12.0 Å². The van der Waals surface area contributed by atoms with E-state index in [0.29, 0.717) is 6.10 Å². The van der Waals surface area contributed by atoms with Crippen molar-refractivity contribution in [2.24, 2.45) is 0 Å². The van der Waals surface area contributed by atoms with Crippen LogP contribution < -0.4 is 4.74 Å². The van der Waals surface area contributed by atoms with Crippen LogP contribution in [0.15, 0.2) is 36.5 Å². The van der Waals surface area contributed by atoms with Gasteiger partial charge >= 0.3 is 0 Å². The molecule has 2 aromatic rings. The number of aliphatic hydroxyl groups is 1. The maximum Gasteiger partial charge on any atom is 0.121 e. The standard InChI is InChI=1S/C16H20N2O2/c1-2-10-18-15(8-9-17-18)16(19)12-4-3-5-14(11-12)20-13-6-7-13/h3-5,8-9,11,13,16,19H,2,6-7,10H2,1H3. The maximum atomic E-state index is 10.5. The quantitative estimate of drug-likeness (QED) is 0.879. The molecule has 0 saturated heterocycles. The minimum atomic E-state index is -0.660. The Hall–Kier alpha value is -1.81. The van der Waals surface area contributed by atoms with Gasteiger partial charge in [-0.25, -0.2) is 0 Å². The number of nitrogens with zero attached hydrogens (tertiary/aromatic N) is 2. The molecule has 20 heavy (non-hydrogen) atoms. The molecule has 1 atom stereocenters. The fourth-order valence-electron chi connectivity index (χ4n) is 2.28. The molecular weight excluding hydrogens is 252 g/mol. The highest BCUT2D eigenvalue weighted by Crippen LogP contribution is 2.29. The van der Waals surface area contributed by atoms with E-state index < -0.39 is 6.10 Å². The Morgan fingerprint density at radius 3 is 3.00 bits per heavy atom. The van der Waals surface area contributed by atoms with E-state index in [0.717, 1.165) is 42.8 Å².